The highest BCUT2D eigenvalue weighted by Gasteiger charge is 2.54. The third-order valence-electron chi connectivity index (χ3n) is 5.48. The summed E-state index contributed by atoms with van der Waals surface area (Å²) in [4.78, 5) is 19.2. The number of methoxy groups -OCH3 is 2. The van der Waals surface area contributed by atoms with E-state index in [1.165, 1.54) is 17.3 Å². The molecule has 0 saturated heterocycles. The number of anilines is 1. The molecule has 3 aliphatic rings. The number of rotatable bonds is 5. The van der Waals surface area contributed by atoms with Crippen LogP contribution in [0.15, 0.2) is 52.2 Å². The largest absolute Gasteiger partial charge is 0.496 e. The molecule has 3 heterocycles. The molecule has 2 aliphatic heterocycles. The van der Waals surface area contributed by atoms with E-state index in [4.69, 9.17) is 9.47 Å². The molecular weight excluding hydrogens is 374 g/mol. The van der Waals surface area contributed by atoms with Crippen LogP contribution in [0.5, 0.6) is 0 Å². The summed E-state index contributed by atoms with van der Waals surface area (Å²) in [6.07, 6.45) is 10.1. The van der Waals surface area contributed by atoms with E-state index in [1.54, 1.807) is 20.4 Å². The first kappa shape index (κ1) is 18.9. The van der Waals surface area contributed by atoms with Gasteiger partial charge in [-0.25, -0.2) is 4.98 Å². The lowest BCUT2D eigenvalue weighted by atomic mass is 9.78. The number of allylic oxidation sites excluding steroid dienone is 3. The number of thioether (sulfide) groups is 1. The van der Waals surface area contributed by atoms with Gasteiger partial charge in [-0.05, 0) is 43.7 Å². The minimum atomic E-state index is -0.428. The molecule has 0 N–H and O–H groups in total. The van der Waals surface area contributed by atoms with Gasteiger partial charge in [0.25, 0.3) is 0 Å². The van der Waals surface area contributed by atoms with Crippen LogP contribution in [0.2, 0.25) is 0 Å². The molecule has 7 heteroatoms. The molecule has 1 aliphatic carbocycles. The second kappa shape index (κ2) is 6.88. The molecule has 1 aromatic heterocycles. The van der Waals surface area contributed by atoms with Crippen molar-refractivity contribution in [2.75, 3.05) is 19.1 Å². The van der Waals surface area contributed by atoms with Gasteiger partial charge in [0.15, 0.2) is 11.0 Å². The number of fused-ring (bicyclic) bond motifs is 3. The van der Waals surface area contributed by atoms with Gasteiger partial charge >= 0.3 is 0 Å². The van der Waals surface area contributed by atoms with E-state index in [-0.39, 0.29) is 5.12 Å². The maximum Gasteiger partial charge on any atom is 0.219 e. The Balaban J connectivity index is 1.95. The minimum Gasteiger partial charge on any atom is -0.496 e. The number of aromatic nitrogens is 2. The highest BCUT2D eigenvalue weighted by Crippen LogP contribution is 2.55. The van der Waals surface area contributed by atoms with E-state index in [2.05, 4.69) is 34.4 Å². The SMILES string of the molecule is CCCC(=O)Sc1cnc2n1C1=C(C)C(OC)=C(C)CC13C=CC=C(OC)N23. The third kappa shape index (κ3) is 2.49. The zero-order valence-corrected chi connectivity index (χ0v) is 17.7. The summed E-state index contributed by atoms with van der Waals surface area (Å²) in [5.41, 5.74) is 2.88. The van der Waals surface area contributed by atoms with Crippen molar-refractivity contribution in [3.8, 4) is 0 Å². The molecule has 1 unspecified atom stereocenters. The van der Waals surface area contributed by atoms with Gasteiger partial charge in [0, 0.05) is 18.4 Å². The Labute approximate surface area is 169 Å². The zero-order chi connectivity index (χ0) is 20.1. The highest BCUT2D eigenvalue weighted by molar-refractivity contribution is 8.13. The normalized spacial score (nSPS) is 22.8. The molecular formula is C21H25N3O3S. The van der Waals surface area contributed by atoms with Crippen LogP contribution in [0.25, 0.3) is 5.70 Å². The fourth-order valence-electron chi connectivity index (χ4n) is 4.54. The summed E-state index contributed by atoms with van der Waals surface area (Å²) in [5.74, 6) is 2.41. The van der Waals surface area contributed by atoms with Gasteiger partial charge in [0.05, 0.1) is 26.1 Å². The second-order valence-electron chi connectivity index (χ2n) is 7.25. The first-order valence-electron chi connectivity index (χ1n) is 9.46. The molecule has 148 valence electrons. The van der Waals surface area contributed by atoms with Crippen LogP contribution < -0.4 is 4.90 Å². The van der Waals surface area contributed by atoms with E-state index in [1.807, 2.05) is 19.1 Å². The molecule has 0 aromatic carbocycles. The first-order valence-corrected chi connectivity index (χ1v) is 10.3. The van der Waals surface area contributed by atoms with E-state index in [0.717, 1.165) is 46.7 Å². The van der Waals surface area contributed by atoms with E-state index in [9.17, 15) is 4.79 Å². The predicted octanol–water partition coefficient (Wildman–Crippen LogP) is 4.47. The topological polar surface area (TPSA) is 56.6 Å². The van der Waals surface area contributed by atoms with Gasteiger partial charge in [-0.2, -0.15) is 0 Å². The molecule has 0 amide bonds. The Morgan fingerprint density at radius 3 is 2.79 bits per heavy atom. The Morgan fingerprint density at radius 1 is 1.32 bits per heavy atom. The van der Waals surface area contributed by atoms with Gasteiger partial charge in [0.2, 0.25) is 5.95 Å². The average molecular weight is 400 g/mol. The van der Waals surface area contributed by atoms with Crippen molar-refractivity contribution in [1.82, 2.24) is 9.55 Å². The molecule has 1 aromatic rings. The van der Waals surface area contributed by atoms with Crippen LogP contribution in [-0.4, -0.2) is 34.4 Å². The standard InChI is InChI=1S/C21H25N3O3S/c1-6-8-17(25)28-16-12-22-20-23(16)19-14(3)18(27-5)13(2)11-21(19)10-7-9-15(26-4)24(20)21/h7,9-10,12H,6,8,11H2,1-5H3. The number of carbonyl (C=O) groups excluding carboxylic acids is 1. The van der Waals surface area contributed by atoms with E-state index in [0.29, 0.717) is 6.42 Å². The second-order valence-corrected chi connectivity index (χ2v) is 8.33. The van der Waals surface area contributed by atoms with E-state index < -0.39 is 5.54 Å². The van der Waals surface area contributed by atoms with Crippen LogP contribution in [0.1, 0.15) is 40.0 Å². The van der Waals surface area contributed by atoms with Crippen LogP contribution >= 0.6 is 11.8 Å². The third-order valence-corrected chi connectivity index (χ3v) is 6.41. The molecule has 0 bridgehead atoms. The summed E-state index contributed by atoms with van der Waals surface area (Å²) < 4.78 is 13.5. The number of imidazole rings is 1. The summed E-state index contributed by atoms with van der Waals surface area (Å²) in [5, 5.41) is 0.977. The van der Waals surface area contributed by atoms with Crippen molar-refractivity contribution < 1.29 is 14.3 Å². The summed E-state index contributed by atoms with van der Waals surface area (Å²) >= 11 is 1.26. The molecule has 1 spiro atoms. The van der Waals surface area contributed by atoms with Gasteiger partial charge in [-0.3, -0.25) is 14.3 Å². The van der Waals surface area contributed by atoms with Gasteiger partial charge < -0.3 is 9.47 Å². The lowest BCUT2D eigenvalue weighted by Crippen LogP contribution is -2.48. The van der Waals surface area contributed by atoms with E-state index >= 15 is 0 Å². The van der Waals surface area contributed by atoms with Crippen molar-refractivity contribution in [2.45, 2.75) is 50.6 Å². The van der Waals surface area contributed by atoms with Crippen LogP contribution in [0.4, 0.5) is 5.95 Å². The number of hydrogen-bond donors (Lipinski definition) is 0. The van der Waals surface area contributed by atoms with Gasteiger partial charge in [0.1, 0.15) is 16.3 Å². The molecule has 1 atom stereocenters. The molecule has 0 fully saturated rings. The summed E-state index contributed by atoms with van der Waals surface area (Å²) in [6.45, 7) is 6.19. The average Bonchev–Trinajstić information content (AvgIpc) is 3.17. The quantitative estimate of drug-likeness (QED) is 0.681. The Kier molecular flexibility index (Phi) is 4.65. The monoisotopic (exact) mass is 399 g/mol. The molecule has 28 heavy (non-hydrogen) atoms. The maximum absolute atomic E-state index is 12.4. The fraction of sp³-hybridized carbons (Fsp3) is 0.429. The lowest BCUT2D eigenvalue weighted by molar-refractivity contribution is -0.111. The lowest BCUT2D eigenvalue weighted by Gasteiger charge is -2.42. The van der Waals surface area contributed by atoms with Crippen LogP contribution in [0, 0.1) is 0 Å². The molecule has 0 saturated carbocycles. The maximum atomic E-state index is 12.4. The smallest absolute Gasteiger partial charge is 0.219 e. The van der Waals surface area contributed by atoms with Gasteiger partial charge in [-0.1, -0.05) is 19.1 Å². The Bertz CT molecular complexity index is 970. The van der Waals surface area contributed by atoms with Crippen molar-refractivity contribution in [2.24, 2.45) is 0 Å². The van der Waals surface area contributed by atoms with Crippen molar-refractivity contribution >= 4 is 28.5 Å². The Morgan fingerprint density at radius 2 is 2.11 bits per heavy atom. The van der Waals surface area contributed by atoms with Crippen molar-refractivity contribution in [3.63, 3.8) is 0 Å². The Hall–Kier alpha value is -2.41. The first-order chi connectivity index (χ1) is 13.5. The fourth-order valence-corrected chi connectivity index (χ4v) is 5.45. The van der Waals surface area contributed by atoms with Crippen molar-refractivity contribution in [3.05, 3.63) is 47.2 Å². The number of nitrogens with zero attached hydrogens (tertiary/aromatic N) is 3. The molecule has 0 radical (unpaired) electrons. The molecule has 4 rings (SSSR count). The minimum absolute atomic E-state index is 0.148. The summed E-state index contributed by atoms with van der Waals surface area (Å²) in [7, 11) is 3.38. The molecule has 6 nitrogen and oxygen atoms in total. The highest BCUT2D eigenvalue weighted by atomic mass is 32.2. The summed E-state index contributed by atoms with van der Waals surface area (Å²) in [6, 6.07) is 0. The van der Waals surface area contributed by atoms with Crippen molar-refractivity contribution in [1.29, 1.82) is 0 Å². The number of ether oxygens (including phenoxy) is 2. The number of hydrogen-bond acceptors (Lipinski definition) is 6. The number of carbonyl (C=O) groups is 1. The van der Waals surface area contributed by atoms with Crippen LogP contribution in [-0.2, 0) is 14.3 Å². The van der Waals surface area contributed by atoms with Gasteiger partial charge in [-0.15, -0.1) is 0 Å². The zero-order valence-electron chi connectivity index (χ0n) is 16.9. The predicted molar refractivity (Wildman–Crippen MR) is 111 cm³/mol. The van der Waals surface area contributed by atoms with Crippen LogP contribution in [0.3, 0.4) is 0 Å².